The summed E-state index contributed by atoms with van der Waals surface area (Å²) in [5.74, 6) is -0.528. The van der Waals surface area contributed by atoms with Crippen LogP contribution < -0.4 is 5.56 Å². The van der Waals surface area contributed by atoms with Crippen LogP contribution in [0.1, 0.15) is 5.69 Å². The molecule has 86 valence electrons. The number of hydrogen-bond donors (Lipinski definition) is 1. The molecule has 0 bridgehead atoms. The van der Waals surface area contributed by atoms with Crippen molar-refractivity contribution in [1.29, 1.82) is 0 Å². The van der Waals surface area contributed by atoms with Crippen molar-refractivity contribution in [1.82, 2.24) is 9.97 Å². The summed E-state index contributed by atoms with van der Waals surface area (Å²) in [5, 5.41) is 0. The third-order valence-corrected chi connectivity index (χ3v) is 2.20. The fourth-order valence-electron chi connectivity index (χ4n) is 1.37. The number of benzene rings is 1. The lowest BCUT2D eigenvalue weighted by Gasteiger charge is -1.97. The Balaban J connectivity index is 2.48. The lowest BCUT2D eigenvalue weighted by molar-refractivity contribution is -0.134. The summed E-state index contributed by atoms with van der Waals surface area (Å²) in [5.41, 5.74) is 1.15. The summed E-state index contributed by atoms with van der Waals surface area (Å²) in [6, 6.07) is 7.17. The Morgan fingerprint density at radius 2 is 2.18 bits per heavy atom. The minimum absolute atomic E-state index is 0.175. The number of nitrogens with one attached hydrogen (secondary N) is 1. The number of para-hydroxylation sites is 2. The third kappa shape index (κ3) is 2.39. The predicted molar refractivity (Wildman–Crippen MR) is 63.4 cm³/mol. The summed E-state index contributed by atoms with van der Waals surface area (Å²) >= 11 is 0. The van der Waals surface area contributed by atoms with Gasteiger partial charge in [0.25, 0.3) is 5.56 Å². The molecule has 0 amide bonds. The van der Waals surface area contributed by atoms with E-state index in [1.807, 2.05) is 12.1 Å². The van der Waals surface area contributed by atoms with E-state index in [0.717, 1.165) is 6.08 Å². The maximum absolute atomic E-state index is 11.6. The Labute approximate surface area is 96.8 Å². The molecule has 0 saturated carbocycles. The molecule has 1 aromatic carbocycles. The molecule has 1 heterocycles. The number of aromatic amines is 1. The first-order valence-electron chi connectivity index (χ1n) is 4.96. The van der Waals surface area contributed by atoms with Crippen molar-refractivity contribution in [2.24, 2.45) is 0 Å². The van der Waals surface area contributed by atoms with E-state index >= 15 is 0 Å². The number of esters is 1. The van der Waals surface area contributed by atoms with Gasteiger partial charge in [0.2, 0.25) is 0 Å². The van der Waals surface area contributed by atoms with Crippen LogP contribution in [0.5, 0.6) is 0 Å². The Bertz CT molecular complexity index is 643. The highest BCUT2D eigenvalue weighted by Gasteiger charge is 2.01. The summed E-state index contributed by atoms with van der Waals surface area (Å²) < 4.78 is 4.43. The maximum Gasteiger partial charge on any atom is 0.330 e. The van der Waals surface area contributed by atoms with Crippen LogP contribution in [0.3, 0.4) is 0 Å². The van der Waals surface area contributed by atoms with Gasteiger partial charge in [0.1, 0.15) is 5.69 Å². The van der Waals surface area contributed by atoms with E-state index in [1.54, 1.807) is 12.1 Å². The molecule has 1 N–H and O–H groups in total. The van der Waals surface area contributed by atoms with E-state index < -0.39 is 5.97 Å². The maximum atomic E-state index is 11.6. The van der Waals surface area contributed by atoms with E-state index in [-0.39, 0.29) is 11.3 Å². The van der Waals surface area contributed by atoms with Gasteiger partial charge in [-0.1, -0.05) is 12.1 Å². The normalized spacial score (nSPS) is 10.9. The molecule has 0 radical (unpaired) electrons. The van der Waals surface area contributed by atoms with Crippen molar-refractivity contribution in [3.63, 3.8) is 0 Å². The number of ether oxygens (including phenoxy) is 1. The molecule has 0 fully saturated rings. The van der Waals surface area contributed by atoms with Gasteiger partial charge in [0, 0.05) is 6.08 Å². The Kier molecular flexibility index (Phi) is 3.00. The molecular weight excluding hydrogens is 220 g/mol. The molecule has 0 atom stereocenters. The molecule has 0 unspecified atom stereocenters. The summed E-state index contributed by atoms with van der Waals surface area (Å²) in [6.45, 7) is 0. The van der Waals surface area contributed by atoms with Crippen molar-refractivity contribution in [2.75, 3.05) is 7.11 Å². The molecule has 0 aliphatic carbocycles. The highest BCUT2D eigenvalue weighted by Crippen LogP contribution is 2.06. The minimum Gasteiger partial charge on any atom is -0.466 e. The van der Waals surface area contributed by atoms with Crippen LogP contribution in [0.15, 0.2) is 35.1 Å². The zero-order valence-electron chi connectivity index (χ0n) is 9.14. The molecule has 2 rings (SSSR count). The average Bonchev–Trinajstić information content (AvgIpc) is 2.35. The van der Waals surface area contributed by atoms with Gasteiger partial charge in [-0.3, -0.25) is 4.79 Å². The predicted octanol–water partition coefficient (Wildman–Crippen LogP) is 1.11. The first kappa shape index (κ1) is 11.1. The molecule has 5 heteroatoms. The SMILES string of the molecule is COC(=O)C=Cc1nc2ccccc2[nH]c1=O. The Morgan fingerprint density at radius 1 is 1.41 bits per heavy atom. The van der Waals surface area contributed by atoms with E-state index in [9.17, 15) is 9.59 Å². The zero-order chi connectivity index (χ0) is 12.3. The standard InChI is InChI=1S/C12H10N2O3/c1-17-11(15)7-6-10-12(16)14-9-5-3-2-4-8(9)13-10/h2-7H,1H3,(H,14,16). The van der Waals surface area contributed by atoms with Crippen LogP contribution in [-0.4, -0.2) is 23.0 Å². The van der Waals surface area contributed by atoms with Gasteiger partial charge in [-0.05, 0) is 18.2 Å². The van der Waals surface area contributed by atoms with E-state index in [2.05, 4.69) is 14.7 Å². The van der Waals surface area contributed by atoms with Gasteiger partial charge >= 0.3 is 5.97 Å². The van der Waals surface area contributed by atoms with Gasteiger partial charge < -0.3 is 9.72 Å². The highest BCUT2D eigenvalue weighted by molar-refractivity contribution is 5.87. The first-order valence-corrected chi connectivity index (χ1v) is 4.96. The molecule has 5 nitrogen and oxygen atoms in total. The number of rotatable bonds is 2. The molecule has 2 aromatic rings. The molecular formula is C12H10N2O3. The zero-order valence-corrected chi connectivity index (χ0v) is 9.14. The molecule has 17 heavy (non-hydrogen) atoms. The molecule has 0 saturated heterocycles. The van der Waals surface area contributed by atoms with Crippen LogP contribution in [0.25, 0.3) is 17.1 Å². The second-order valence-electron chi connectivity index (χ2n) is 3.32. The number of hydrogen-bond acceptors (Lipinski definition) is 4. The fourth-order valence-corrected chi connectivity index (χ4v) is 1.37. The summed E-state index contributed by atoms with van der Waals surface area (Å²) in [6.07, 6.45) is 2.49. The minimum atomic E-state index is -0.528. The Morgan fingerprint density at radius 3 is 2.94 bits per heavy atom. The van der Waals surface area contributed by atoms with Gasteiger partial charge in [-0.2, -0.15) is 0 Å². The fraction of sp³-hybridized carbons (Fsp3) is 0.0833. The second kappa shape index (κ2) is 4.61. The van der Waals surface area contributed by atoms with Gasteiger partial charge in [-0.15, -0.1) is 0 Å². The van der Waals surface area contributed by atoms with Gasteiger partial charge in [0.05, 0.1) is 18.1 Å². The van der Waals surface area contributed by atoms with Crippen molar-refractivity contribution in [3.8, 4) is 0 Å². The smallest absolute Gasteiger partial charge is 0.330 e. The lowest BCUT2D eigenvalue weighted by atomic mass is 10.3. The van der Waals surface area contributed by atoms with E-state index in [0.29, 0.717) is 11.0 Å². The van der Waals surface area contributed by atoms with E-state index in [1.165, 1.54) is 13.2 Å². The molecule has 0 aliphatic rings. The average molecular weight is 230 g/mol. The second-order valence-corrected chi connectivity index (χ2v) is 3.32. The van der Waals surface area contributed by atoms with Crippen LogP contribution in [-0.2, 0) is 9.53 Å². The molecule has 0 aliphatic heterocycles. The highest BCUT2D eigenvalue weighted by atomic mass is 16.5. The summed E-state index contributed by atoms with van der Waals surface area (Å²) in [7, 11) is 1.27. The number of carbonyl (C=O) groups is 1. The van der Waals surface area contributed by atoms with Crippen molar-refractivity contribution in [2.45, 2.75) is 0 Å². The number of methoxy groups -OCH3 is 1. The number of nitrogens with zero attached hydrogens (tertiary/aromatic N) is 1. The summed E-state index contributed by atoms with van der Waals surface area (Å²) in [4.78, 5) is 29.3. The van der Waals surface area contributed by atoms with Crippen LogP contribution >= 0.6 is 0 Å². The number of H-pyrrole nitrogens is 1. The number of fused-ring (bicyclic) bond motifs is 1. The van der Waals surface area contributed by atoms with Crippen molar-refractivity contribution >= 4 is 23.1 Å². The van der Waals surface area contributed by atoms with Crippen LogP contribution in [0.2, 0.25) is 0 Å². The van der Waals surface area contributed by atoms with E-state index in [4.69, 9.17) is 0 Å². The quantitative estimate of drug-likeness (QED) is 0.619. The monoisotopic (exact) mass is 230 g/mol. The van der Waals surface area contributed by atoms with Crippen LogP contribution in [0.4, 0.5) is 0 Å². The number of carbonyl (C=O) groups excluding carboxylic acids is 1. The third-order valence-electron chi connectivity index (χ3n) is 2.20. The van der Waals surface area contributed by atoms with Gasteiger partial charge in [0.15, 0.2) is 0 Å². The number of aromatic nitrogens is 2. The van der Waals surface area contributed by atoms with Gasteiger partial charge in [-0.25, -0.2) is 9.78 Å². The molecule has 0 spiro atoms. The molecule has 1 aromatic heterocycles. The largest absolute Gasteiger partial charge is 0.466 e. The topological polar surface area (TPSA) is 72.0 Å². The Hall–Kier alpha value is -2.43. The first-order chi connectivity index (χ1) is 8.20. The lowest BCUT2D eigenvalue weighted by Crippen LogP contribution is -2.11. The van der Waals surface area contributed by atoms with Crippen LogP contribution in [0, 0.1) is 0 Å². The van der Waals surface area contributed by atoms with Crippen molar-refractivity contribution < 1.29 is 9.53 Å². The van der Waals surface area contributed by atoms with Crippen molar-refractivity contribution in [3.05, 3.63) is 46.4 Å².